The highest BCUT2D eigenvalue weighted by atomic mass is 35.5. The number of nitrogens with zero attached hydrogens (tertiary/aromatic N) is 3. The first-order valence-electron chi connectivity index (χ1n) is 8.10. The molecule has 5 nitrogen and oxygen atoms in total. The molecule has 0 radical (unpaired) electrons. The van der Waals surface area contributed by atoms with Crippen molar-refractivity contribution in [3.8, 4) is 6.07 Å². The van der Waals surface area contributed by atoms with Crippen molar-refractivity contribution in [1.82, 2.24) is 5.43 Å². The van der Waals surface area contributed by atoms with Gasteiger partial charge in [0, 0.05) is 23.3 Å². The van der Waals surface area contributed by atoms with Crippen LogP contribution in [-0.2, 0) is 4.79 Å². The van der Waals surface area contributed by atoms with Crippen molar-refractivity contribution in [2.45, 2.75) is 52.0 Å². The summed E-state index contributed by atoms with van der Waals surface area (Å²) in [6.07, 6.45) is 2.37. The van der Waals surface area contributed by atoms with E-state index in [-0.39, 0.29) is 12.0 Å². The van der Waals surface area contributed by atoms with Gasteiger partial charge in [-0.15, -0.1) is 0 Å². The molecule has 1 N–H and O–H groups in total. The molecule has 0 spiro atoms. The third-order valence-corrected chi connectivity index (χ3v) is 4.78. The summed E-state index contributed by atoms with van der Waals surface area (Å²) in [7, 11) is 0. The van der Waals surface area contributed by atoms with Crippen molar-refractivity contribution < 1.29 is 4.79 Å². The highest BCUT2D eigenvalue weighted by Crippen LogP contribution is 2.44. The van der Waals surface area contributed by atoms with Crippen LogP contribution in [0.1, 0.15) is 57.6 Å². The second kappa shape index (κ2) is 7.23. The maximum atomic E-state index is 11.3. The monoisotopic (exact) mass is 346 g/mol. The fourth-order valence-electron chi connectivity index (χ4n) is 3.50. The van der Waals surface area contributed by atoms with Gasteiger partial charge in [-0.1, -0.05) is 18.5 Å². The molecule has 0 bridgehead atoms. The van der Waals surface area contributed by atoms with Crippen LogP contribution in [0.25, 0.3) is 0 Å². The van der Waals surface area contributed by atoms with Crippen LogP contribution in [0.2, 0.25) is 5.02 Å². The molecule has 1 aliphatic heterocycles. The Kier molecular flexibility index (Phi) is 5.51. The molecule has 0 saturated heterocycles. The van der Waals surface area contributed by atoms with Gasteiger partial charge in [0.2, 0.25) is 0 Å². The van der Waals surface area contributed by atoms with Crippen LogP contribution in [0.4, 0.5) is 5.69 Å². The number of nitrogens with one attached hydrogen (secondary N) is 1. The molecule has 1 amide bonds. The molecule has 1 heterocycles. The molecule has 1 unspecified atom stereocenters. The first-order chi connectivity index (χ1) is 11.3. The zero-order chi connectivity index (χ0) is 17.9. The maximum Gasteiger partial charge on any atom is 0.254 e. The van der Waals surface area contributed by atoms with E-state index >= 15 is 0 Å². The summed E-state index contributed by atoms with van der Waals surface area (Å²) >= 11 is 6.42. The van der Waals surface area contributed by atoms with E-state index in [1.54, 1.807) is 6.07 Å². The molecule has 0 fully saturated rings. The van der Waals surface area contributed by atoms with Gasteiger partial charge in [-0.3, -0.25) is 4.79 Å². The average Bonchev–Trinajstić information content (AvgIpc) is 2.48. The van der Waals surface area contributed by atoms with Crippen LogP contribution in [0.5, 0.6) is 0 Å². The molecule has 128 valence electrons. The molecule has 1 aromatic carbocycles. The van der Waals surface area contributed by atoms with Crippen LogP contribution < -0.4 is 10.3 Å². The van der Waals surface area contributed by atoms with Gasteiger partial charge in [0.15, 0.2) is 0 Å². The average molecular weight is 347 g/mol. The van der Waals surface area contributed by atoms with E-state index < -0.39 is 5.91 Å². The summed E-state index contributed by atoms with van der Waals surface area (Å²) in [6.45, 7) is 9.79. The highest BCUT2D eigenvalue weighted by Gasteiger charge is 2.35. The van der Waals surface area contributed by atoms with Gasteiger partial charge < -0.3 is 4.90 Å². The van der Waals surface area contributed by atoms with Gasteiger partial charge in [-0.25, -0.2) is 5.43 Å². The summed E-state index contributed by atoms with van der Waals surface area (Å²) in [5.41, 5.74) is 5.58. The number of nitriles is 1. The number of fused-ring (bicyclic) bond motifs is 1. The Bertz CT molecular complexity index is 706. The Morgan fingerprint density at radius 3 is 2.92 bits per heavy atom. The van der Waals surface area contributed by atoms with Gasteiger partial charge in [0.1, 0.15) is 6.42 Å². The maximum absolute atomic E-state index is 11.3. The van der Waals surface area contributed by atoms with Gasteiger partial charge in [0.05, 0.1) is 17.3 Å². The lowest BCUT2D eigenvalue weighted by atomic mass is 9.79. The normalized spacial score (nSPS) is 19.0. The lowest BCUT2D eigenvalue weighted by Gasteiger charge is -2.47. The number of halogens is 1. The molecule has 0 aliphatic carbocycles. The molecule has 1 atom stereocenters. The van der Waals surface area contributed by atoms with E-state index in [0.29, 0.717) is 10.9 Å². The fourth-order valence-corrected chi connectivity index (χ4v) is 3.71. The number of amides is 1. The molecule has 2 rings (SSSR count). The minimum atomic E-state index is -0.435. The standard InChI is InChI=1S/C18H23ClN4O/c1-5-23-16-9-15(19)13(11-21-22-17(24)6-7-20)8-14(16)12(2)10-18(23,3)4/h8-9,11-12H,5-6,10H2,1-4H3,(H,22,24)/b21-11-. The highest BCUT2D eigenvalue weighted by molar-refractivity contribution is 6.33. The second-order valence-electron chi connectivity index (χ2n) is 6.72. The van der Waals surface area contributed by atoms with Crippen LogP contribution in [-0.4, -0.2) is 24.2 Å². The van der Waals surface area contributed by atoms with Crippen molar-refractivity contribution in [3.63, 3.8) is 0 Å². The minimum absolute atomic E-state index is 0.0887. The summed E-state index contributed by atoms with van der Waals surface area (Å²) in [5, 5.41) is 12.9. The zero-order valence-corrected chi connectivity index (χ0v) is 15.3. The predicted octanol–water partition coefficient (Wildman–Crippen LogP) is 3.82. The number of hydrogen-bond acceptors (Lipinski definition) is 4. The van der Waals surface area contributed by atoms with Crippen molar-refractivity contribution in [3.05, 3.63) is 28.3 Å². The largest absolute Gasteiger partial charge is 0.366 e. The number of hydrogen-bond donors (Lipinski definition) is 1. The summed E-state index contributed by atoms with van der Waals surface area (Å²) < 4.78 is 0. The molecule has 24 heavy (non-hydrogen) atoms. The van der Waals surface area contributed by atoms with Crippen LogP contribution in [0, 0.1) is 11.3 Å². The molecule has 6 heteroatoms. The number of carbonyl (C=O) groups excluding carboxylic acids is 1. The Morgan fingerprint density at radius 1 is 1.58 bits per heavy atom. The number of rotatable bonds is 4. The first-order valence-corrected chi connectivity index (χ1v) is 8.48. The van der Waals surface area contributed by atoms with E-state index in [4.69, 9.17) is 16.9 Å². The minimum Gasteiger partial charge on any atom is -0.366 e. The van der Waals surface area contributed by atoms with Crippen LogP contribution in [0.3, 0.4) is 0 Å². The first kappa shape index (κ1) is 18.3. The van der Waals surface area contributed by atoms with Crippen molar-refractivity contribution in [1.29, 1.82) is 5.26 Å². The molecule has 0 aromatic heterocycles. The predicted molar refractivity (Wildman–Crippen MR) is 97.5 cm³/mol. The summed E-state index contributed by atoms with van der Waals surface area (Å²) in [4.78, 5) is 13.6. The van der Waals surface area contributed by atoms with Crippen LogP contribution >= 0.6 is 11.6 Å². The molecule has 0 saturated carbocycles. The Balaban J connectivity index is 2.33. The summed E-state index contributed by atoms with van der Waals surface area (Å²) in [6, 6.07) is 5.80. The molecule has 1 aromatic rings. The van der Waals surface area contributed by atoms with Crippen LogP contribution in [0.15, 0.2) is 17.2 Å². The topological polar surface area (TPSA) is 68.5 Å². The number of benzene rings is 1. The van der Waals surface area contributed by atoms with Gasteiger partial charge in [-0.05, 0) is 50.8 Å². The van der Waals surface area contributed by atoms with E-state index in [1.165, 1.54) is 11.8 Å². The quantitative estimate of drug-likeness (QED) is 0.665. The Morgan fingerprint density at radius 2 is 2.29 bits per heavy atom. The van der Waals surface area contributed by atoms with Crippen molar-refractivity contribution in [2.24, 2.45) is 5.10 Å². The zero-order valence-electron chi connectivity index (χ0n) is 14.6. The number of hydrazone groups is 1. The SMILES string of the molecule is CCN1c2cc(Cl)c(/C=N\NC(=O)CC#N)cc2C(C)CC1(C)C. The lowest BCUT2D eigenvalue weighted by molar-refractivity contribution is -0.120. The Labute approximate surface area is 148 Å². The van der Waals surface area contributed by atoms with E-state index in [9.17, 15) is 4.79 Å². The second-order valence-corrected chi connectivity index (χ2v) is 7.13. The third-order valence-electron chi connectivity index (χ3n) is 4.45. The molecule has 1 aliphatic rings. The van der Waals surface area contributed by atoms with E-state index in [2.05, 4.69) is 43.1 Å². The summed E-state index contributed by atoms with van der Waals surface area (Å²) in [5.74, 6) is -0.0227. The third kappa shape index (κ3) is 3.70. The smallest absolute Gasteiger partial charge is 0.254 e. The Hall–Kier alpha value is -2.06. The van der Waals surface area contributed by atoms with E-state index in [1.807, 2.05) is 12.1 Å². The van der Waals surface area contributed by atoms with Gasteiger partial charge >= 0.3 is 0 Å². The van der Waals surface area contributed by atoms with Gasteiger partial charge in [0.25, 0.3) is 5.91 Å². The lowest BCUT2D eigenvalue weighted by Crippen LogP contribution is -2.48. The van der Waals surface area contributed by atoms with E-state index in [0.717, 1.165) is 24.2 Å². The van der Waals surface area contributed by atoms with Gasteiger partial charge in [-0.2, -0.15) is 10.4 Å². The number of anilines is 1. The fraction of sp³-hybridized carbons (Fsp3) is 0.500. The van der Waals surface area contributed by atoms with Crippen molar-refractivity contribution in [2.75, 3.05) is 11.4 Å². The molecular weight excluding hydrogens is 324 g/mol. The number of carbonyl (C=O) groups is 1. The van der Waals surface area contributed by atoms with Crippen molar-refractivity contribution >= 4 is 29.4 Å². The molecular formula is C18H23ClN4O.